The predicted octanol–water partition coefficient (Wildman–Crippen LogP) is 2.60. The van der Waals surface area contributed by atoms with Gasteiger partial charge in [0.1, 0.15) is 16.8 Å². The SMILES string of the molecule is OCCOCCNc1cc(Cl)nc(C2CCCCC2)n1. The third-order valence-corrected chi connectivity index (χ3v) is 3.66. The lowest BCUT2D eigenvalue weighted by Crippen LogP contribution is -2.14. The molecule has 1 heterocycles. The molecule has 0 atom stereocenters. The molecule has 0 spiro atoms. The summed E-state index contributed by atoms with van der Waals surface area (Å²) in [5, 5.41) is 12.3. The minimum absolute atomic E-state index is 0.0468. The molecule has 20 heavy (non-hydrogen) atoms. The highest BCUT2D eigenvalue weighted by atomic mass is 35.5. The van der Waals surface area contributed by atoms with Gasteiger partial charge in [-0.1, -0.05) is 30.9 Å². The van der Waals surface area contributed by atoms with Crippen molar-refractivity contribution in [1.82, 2.24) is 9.97 Å². The molecule has 6 heteroatoms. The average Bonchev–Trinajstić information content (AvgIpc) is 2.47. The van der Waals surface area contributed by atoms with Crippen LogP contribution in [0.15, 0.2) is 6.07 Å². The lowest BCUT2D eigenvalue weighted by Gasteiger charge is -2.20. The van der Waals surface area contributed by atoms with E-state index in [2.05, 4.69) is 15.3 Å². The highest BCUT2D eigenvalue weighted by Crippen LogP contribution is 2.31. The van der Waals surface area contributed by atoms with E-state index in [1.54, 1.807) is 6.07 Å². The van der Waals surface area contributed by atoms with Crippen molar-refractivity contribution < 1.29 is 9.84 Å². The predicted molar refractivity (Wildman–Crippen MR) is 79.3 cm³/mol. The van der Waals surface area contributed by atoms with Crippen molar-refractivity contribution in [2.45, 2.75) is 38.0 Å². The van der Waals surface area contributed by atoms with Crippen molar-refractivity contribution in [2.75, 3.05) is 31.7 Å². The van der Waals surface area contributed by atoms with Gasteiger partial charge in [-0.2, -0.15) is 0 Å². The van der Waals surface area contributed by atoms with Gasteiger partial charge in [0.05, 0.1) is 19.8 Å². The molecule has 0 amide bonds. The zero-order valence-electron chi connectivity index (χ0n) is 11.6. The lowest BCUT2D eigenvalue weighted by molar-refractivity contribution is 0.0992. The van der Waals surface area contributed by atoms with Gasteiger partial charge in [-0.3, -0.25) is 0 Å². The summed E-state index contributed by atoms with van der Waals surface area (Å²) in [6, 6.07) is 1.74. The summed E-state index contributed by atoms with van der Waals surface area (Å²) in [6.07, 6.45) is 6.11. The molecule has 1 saturated carbocycles. The van der Waals surface area contributed by atoms with Crippen LogP contribution in [0.4, 0.5) is 5.82 Å². The van der Waals surface area contributed by atoms with Crippen LogP contribution >= 0.6 is 11.6 Å². The van der Waals surface area contributed by atoms with Crippen LogP contribution in [0.25, 0.3) is 0 Å². The van der Waals surface area contributed by atoms with Crippen LogP contribution in [0.3, 0.4) is 0 Å². The monoisotopic (exact) mass is 299 g/mol. The Morgan fingerprint density at radius 1 is 1.25 bits per heavy atom. The average molecular weight is 300 g/mol. The third-order valence-electron chi connectivity index (χ3n) is 3.47. The summed E-state index contributed by atoms with van der Waals surface area (Å²) in [5.74, 6) is 2.04. The van der Waals surface area contributed by atoms with Crippen LogP contribution in [-0.2, 0) is 4.74 Å². The molecule has 1 aliphatic rings. The zero-order valence-corrected chi connectivity index (χ0v) is 12.4. The molecular formula is C14H22ClN3O2. The first-order valence-electron chi connectivity index (χ1n) is 7.26. The maximum absolute atomic E-state index is 8.62. The van der Waals surface area contributed by atoms with Gasteiger partial charge in [-0.25, -0.2) is 9.97 Å². The molecule has 1 aliphatic carbocycles. The minimum Gasteiger partial charge on any atom is -0.394 e. The maximum atomic E-state index is 8.62. The Morgan fingerprint density at radius 3 is 2.80 bits per heavy atom. The molecule has 0 bridgehead atoms. The number of hydrogen-bond donors (Lipinski definition) is 2. The van der Waals surface area contributed by atoms with E-state index in [1.165, 1.54) is 19.3 Å². The molecule has 0 aliphatic heterocycles. The molecule has 1 aromatic rings. The first-order valence-corrected chi connectivity index (χ1v) is 7.64. The van der Waals surface area contributed by atoms with Crippen LogP contribution in [0, 0.1) is 0 Å². The highest BCUT2D eigenvalue weighted by molar-refractivity contribution is 6.29. The molecule has 0 aromatic carbocycles. The zero-order chi connectivity index (χ0) is 14.2. The van der Waals surface area contributed by atoms with E-state index in [0.717, 1.165) is 24.5 Å². The van der Waals surface area contributed by atoms with Crippen molar-refractivity contribution in [3.8, 4) is 0 Å². The van der Waals surface area contributed by atoms with Gasteiger partial charge in [0.2, 0.25) is 0 Å². The summed E-state index contributed by atoms with van der Waals surface area (Å²) in [6.45, 7) is 1.57. The molecule has 0 radical (unpaired) electrons. The number of aromatic nitrogens is 2. The molecule has 1 aromatic heterocycles. The number of halogens is 1. The number of aliphatic hydroxyl groups is 1. The van der Waals surface area contributed by atoms with Crippen molar-refractivity contribution in [3.63, 3.8) is 0 Å². The van der Waals surface area contributed by atoms with Gasteiger partial charge < -0.3 is 15.2 Å². The van der Waals surface area contributed by atoms with Gasteiger partial charge in [0, 0.05) is 18.5 Å². The number of rotatable bonds is 7. The summed E-state index contributed by atoms with van der Waals surface area (Å²) < 4.78 is 5.19. The molecular weight excluding hydrogens is 278 g/mol. The summed E-state index contributed by atoms with van der Waals surface area (Å²) >= 11 is 6.08. The van der Waals surface area contributed by atoms with Crippen LogP contribution in [0.5, 0.6) is 0 Å². The fourth-order valence-electron chi connectivity index (χ4n) is 2.49. The van der Waals surface area contributed by atoms with E-state index in [-0.39, 0.29) is 6.61 Å². The normalized spacial score (nSPS) is 16.3. The maximum Gasteiger partial charge on any atom is 0.135 e. The molecule has 1 fully saturated rings. The lowest BCUT2D eigenvalue weighted by atomic mass is 9.89. The third kappa shape index (κ3) is 4.89. The molecule has 0 saturated heterocycles. The van der Waals surface area contributed by atoms with E-state index in [0.29, 0.717) is 30.8 Å². The molecule has 2 rings (SSSR count). The molecule has 112 valence electrons. The largest absolute Gasteiger partial charge is 0.394 e. The first kappa shape index (κ1) is 15.5. The summed E-state index contributed by atoms with van der Waals surface area (Å²) in [4.78, 5) is 8.93. The van der Waals surface area contributed by atoms with Crippen molar-refractivity contribution in [1.29, 1.82) is 0 Å². The van der Waals surface area contributed by atoms with Crippen LogP contribution in [-0.4, -0.2) is 41.4 Å². The quantitative estimate of drug-likeness (QED) is 0.598. The van der Waals surface area contributed by atoms with Crippen LogP contribution < -0.4 is 5.32 Å². The van der Waals surface area contributed by atoms with Crippen LogP contribution in [0.1, 0.15) is 43.8 Å². The van der Waals surface area contributed by atoms with Crippen LogP contribution in [0.2, 0.25) is 5.15 Å². The summed E-state index contributed by atoms with van der Waals surface area (Å²) in [5.41, 5.74) is 0. The number of aliphatic hydroxyl groups excluding tert-OH is 1. The Hall–Kier alpha value is -0.910. The number of nitrogens with one attached hydrogen (secondary N) is 1. The van der Waals surface area contributed by atoms with Gasteiger partial charge in [0.15, 0.2) is 0 Å². The second-order valence-electron chi connectivity index (χ2n) is 5.03. The Labute approximate surface area is 124 Å². The fourth-order valence-corrected chi connectivity index (χ4v) is 2.68. The Bertz CT molecular complexity index is 411. The minimum atomic E-state index is 0.0468. The Kier molecular flexibility index (Phi) is 6.50. The Morgan fingerprint density at radius 2 is 2.05 bits per heavy atom. The number of nitrogens with zero attached hydrogens (tertiary/aromatic N) is 2. The Balaban J connectivity index is 1.90. The van der Waals surface area contributed by atoms with E-state index in [4.69, 9.17) is 21.4 Å². The highest BCUT2D eigenvalue weighted by Gasteiger charge is 2.19. The number of ether oxygens (including phenoxy) is 1. The van der Waals surface area contributed by atoms with Crippen molar-refractivity contribution in [3.05, 3.63) is 17.0 Å². The van der Waals surface area contributed by atoms with E-state index in [1.807, 2.05) is 0 Å². The van der Waals surface area contributed by atoms with E-state index in [9.17, 15) is 0 Å². The second kappa shape index (κ2) is 8.39. The first-order chi connectivity index (χ1) is 9.79. The fraction of sp³-hybridized carbons (Fsp3) is 0.714. The standard InChI is InChI=1S/C14H22ClN3O2/c15-12-10-13(16-6-8-20-9-7-19)18-14(17-12)11-4-2-1-3-5-11/h10-11,19H,1-9H2,(H,16,17,18). The van der Waals surface area contributed by atoms with Crippen molar-refractivity contribution in [2.24, 2.45) is 0 Å². The van der Waals surface area contributed by atoms with Gasteiger partial charge >= 0.3 is 0 Å². The van der Waals surface area contributed by atoms with E-state index < -0.39 is 0 Å². The molecule has 2 N–H and O–H groups in total. The van der Waals surface area contributed by atoms with Crippen molar-refractivity contribution >= 4 is 17.4 Å². The summed E-state index contributed by atoms with van der Waals surface area (Å²) in [7, 11) is 0. The topological polar surface area (TPSA) is 67.3 Å². The second-order valence-corrected chi connectivity index (χ2v) is 5.42. The molecule has 0 unspecified atom stereocenters. The van der Waals surface area contributed by atoms with Gasteiger partial charge in [-0.15, -0.1) is 0 Å². The van der Waals surface area contributed by atoms with Gasteiger partial charge in [0.25, 0.3) is 0 Å². The number of anilines is 1. The number of hydrogen-bond acceptors (Lipinski definition) is 5. The molecule has 5 nitrogen and oxygen atoms in total. The smallest absolute Gasteiger partial charge is 0.135 e. The van der Waals surface area contributed by atoms with E-state index >= 15 is 0 Å². The van der Waals surface area contributed by atoms with Gasteiger partial charge in [-0.05, 0) is 12.8 Å².